The molecule has 0 fully saturated rings. The molecule has 0 amide bonds. The maximum atomic E-state index is 10.0. The van der Waals surface area contributed by atoms with Gasteiger partial charge in [-0.25, -0.2) is 0 Å². The van der Waals surface area contributed by atoms with E-state index in [1.807, 2.05) is 152 Å². The molecule has 18 rings (SSSR count). The van der Waals surface area contributed by atoms with Gasteiger partial charge in [-0.05, 0) is 181 Å². The normalized spacial score (nSPS) is 10.7. The maximum Gasteiger partial charge on any atom is 0.155 e. The second-order valence-electron chi connectivity index (χ2n) is 38.2. The molecule has 0 bridgehead atoms. The maximum absolute atomic E-state index is 10.0. The van der Waals surface area contributed by atoms with Gasteiger partial charge in [0.05, 0.1) is 11.3 Å². The van der Waals surface area contributed by atoms with E-state index in [1.165, 1.54) is 110 Å². The summed E-state index contributed by atoms with van der Waals surface area (Å²) in [7, 11) is 0. The Morgan fingerprint density at radius 1 is 0.357 bits per heavy atom. The van der Waals surface area contributed by atoms with E-state index in [2.05, 4.69) is 408 Å². The zero-order chi connectivity index (χ0) is 99.3. The molecule has 1 N–H and O–H groups in total. The van der Waals surface area contributed by atoms with Crippen molar-refractivity contribution in [1.82, 2.24) is 34.9 Å². The second-order valence-corrected chi connectivity index (χ2v) is 38.2. The minimum atomic E-state index is -0.125. The number of aliphatic hydroxyl groups is 1. The van der Waals surface area contributed by atoms with Gasteiger partial charge in [-0.1, -0.05) is 294 Å². The van der Waals surface area contributed by atoms with Crippen LogP contribution in [0.3, 0.4) is 0 Å². The average molecular weight is 2590 g/mol. The molecule has 11 aromatic carbocycles. The summed E-state index contributed by atoms with van der Waals surface area (Å²) in [5.74, 6) is 1.10. The standard InChI is InChI=1S/C21H22N.3C21H20N.2C14H14N.C13H12N.C5H8O2.4Ir/c1-14(2)9-17-13-21(18-11-15(3)10-16(4)12-18)22-20-8-6-5-7-19(17)20;3*1-21(2,3)19-12-13-22-20(15-19)18-11-7-10-17(14-18)16-8-5-4-6-9-16;1-11(2)13-8-9-14(15-10-13)12-6-4-3-5-7-12;1-2-6-12-9-10-14(15-11-12)13-7-4-3-5-8-13;1-2-11-8-9-13(14-10-11)12-6-4-3-5-7-12;1-4(6)3-5(2)7;;;;/h5-8,10-11,13-14H,9H2,1-4H3;3*4-10,12-15H,1-3H3;3-6,8-11H,1-2H3;3-5,7,9-11H,2,6H2,1H3;3-6,8-10H,2H2,1H3;3,6H,1-2H3;;;;/q7*-1;;;;;. The first-order valence-corrected chi connectivity index (χ1v) is 48.0. The number of rotatable bonds is 17. The fourth-order valence-corrected chi connectivity index (χ4v) is 15.1. The Balaban J connectivity index is 0.000000224. The van der Waals surface area contributed by atoms with E-state index in [0.717, 1.165) is 109 Å². The molecule has 740 valence electrons. The van der Waals surface area contributed by atoms with Crippen LogP contribution in [0.25, 0.3) is 123 Å². The third-order valence-corrected chi connectivity index (χ3v) is 22.7. The van der Waals surface area contributed by atoms with Crippen LogP contribution in [0.4, 0.5) is 0 Å². The van der Waals surface area contributed by atoms with Crippen molar-refractivity contribution in [3.05, 3.63) is 475 Å². The number of carbonyl (C=O) groups is 1. The molecule has 18 aromatic rings. The van der Waals surface area contributed by atoms with Gasteiger partial charge in [0.25, 0.3) is 0 Å². The first-order chi connectivity index (χ1) is 66.8. The van der Waals surface area contributed by atoms with Gasteiger partial charge in [0.1, 0.15) is 0 Å². The number of aliphatic hydroxyl groups excluding tert-OH is 1. The Bertz CT molecular complexity index is 6520. The van der Waals surface area contributed by atoms with E-state index in [0.29, 0.717) is 11.8 Å². The van der Waals surface area contributed by atoms with E-state index in [9.17, 15) is 4.79 Å². The second kappa shape index (κ2) is 59.0. The van der Waals surface area contributed by atoms with Crippen LogP contribution >= 0.6 is 0 Å². The molecule has 0 aliphatic rings. The van der Waals surface area contributed by atoms with E-state index >= 15 is 0 Å². The molecule has 0 atom stereocenters. The molecule has 0 saturated heterocycles. The number of hydrogen-bond donors (Lipinski definition) is 1. The average Bonchev–Trinajstić information content (AvgIpc) is 0.789. The summed E-state index contributed by atoms with van der Waals surface area (Å²) >= 11 is 0. The first kappa shape index (κ1) is 117. The Morgan fingerprint density at radius 2 is 0.734 bits per heavy atom. The first-order valence-electron chi connectivity index (χ1n) is 48.0. The number of nitrogens with zero attached hydrogens (tertiary/aromatic N) is 7. The molecule has 143 heavy (non-hydrogen) atoms. The summed E-state index contributed by atoms with van der Waals surface area (Å²) in [5.41, 5.74) is 34.4. The Morgan fingerprint density at radius 3 is 1.06 bits per heavy atom. The van der Waals surface area contributed by atoms with Crippen molar-refractivity contribution in [3.63, 3.8) is 0 Å². The number of fused-ring (bicyclic) bond motifs is 1. The summed E-state index contributed by atoms with van der Waals surface area (Å²) in [6.45, 7) is 40.2. The number of benzene rings is 11. The van der Waals surface area contributed by atoms with Gasteiger partial charge < -0.3 is 35.0 Å². The number of ketones is 1. The summed E-state index contributed by atoms with van der Waals surface area (Å²) in [6.07, 6.45) is 17.0. The van der Waals surface area contributed by atoms with E-state index < -0.39 is 0 Å². The van der Waals surface area contributed by atoms with Crippen molar-refractivity contribution < 1.29 is 90.3 Å². The number of allylic oxidation sites excluding steroid dienone is 2. The van der Waals surface area contributed by atoms with Gasteiger partial charge >= 0.3 is 0 Å². The smallest absolute Gasteiger partial charge is 0.155 e. The number of para-hydroxylation sites is 1. The van der Waals surface area contributed by atoms with Crippen molar-refractivity contribution in [1.29, 1.82) is 0 Å². The van der Waals surface area contributed by atoms with Gasteiger partial charge in [-0.2, -0.15) is 0 Å². The predicted molar refractivity (Wildman–Crippen MR) is 582 cm³/mol. The summed E-state index contributed by atoms with van der Waals surface area (Å²) < 4.78 is 0. The minimum Gasteiger partial charge on any atom is -0.512 e. The number of aryl methyl sites for hydroxylation is 4. The quantitative estimate of drug-likeness (QED) is 0.0538. The van der Waals surface area contributed by atoms with Crippen molar-refractivity contribution >= 4 is 16.7 Å². The molecule has 4 radical (unpaired) electrons. The largest absolute Gasteiger partial charge is 0.512 e. The zero-order valence-electron chi connectivity index (χ0n) is 85.6. The Labute approximate surface area is 906 Å². The zero-order valence-corrected chi connectivity index (χ0v) is 95.2. The van der Waals surface area contributed by atoms with Crippen LogP contribution in [-0.2, 0) is 121 Å². The summed E-state index contributed by atoms with van der Waals surface area (Å²) in [4.78, 5) is 41.7. The van der Waals surface area contributed by atoms with E-state index in [-0.39, 0.29) is 108 Å². The molecule has 9 nitrogen and oxygen atoms in total. The van der Waals surface area contributed by atoms with Crippen LogP contribution in [0.5, 0.6) is 0 Å². The fourth-order valence-electron chi connectivity index (χ4n) is 15.1. The number of hydrogen-bond acceptors (Lipinski definition) is 9. The molecule has 13 heteroatoms. The van der Waals surface area contributed by atoms with Gasteiger partial charge in [-0.3, -0.25) is 9.78 Å². The minimum absolute atomic E-state index is 0. The van der Waals surface area contributed by atoms with Crippen LogP contribution in [0, 0.1) is 62.2 Å². The fraction of sp³-hybridized carbons (Fsp3) is 0.215. The Kier molecular flexibility index (Phi) is 48.4. The van der Waals surface area contributed by atoms with Crippen LogP contribution in [0.1, 0.15) is 180 Å². The van der Waals surface area contributed by atoms with Crippen molar-refractivity contribution in [3.8, 4) is 112 Å². The van der Waals surface area contributed by atoms with Crippen LogP contribution in [0.2, 0.25) is 0 Å². The van der Waals surface area contributed by atoms with Gasteiger partial charge in [-0.15, -0.1) is 249 Å². The topological polar surface area (TPSA) is 128 Å². The summed E-state index contributed by atoms with van der Waals surface area (Å²) in [5, 5.41) is 9.63. The van der Waals surface area contributed by atoms with E-state index in [4.69, 9.17) is 10.1 Å². The van der Waals surface area contributed by atoms with E-state index in [1.54, 1.807) is 0 Å². The molecule has 0 saturated carbocycles. The third-order valence-electron chi connectivity index (χ3n) is 22.7. The van der Waals surface area contributed by atoms with Crippen molar-refractivity contribution in [2.75, 3.05) is 0 Å². The van der Waals surface area contributed by atoms with Crippen molar-refractivity contribution in [2.24, 2.45) is 5.92 Å². The summed E-state index contributed by atoms with van der Waals surface area (Å²) in [6, 6.07) is 137. The number of aromatic nitrogens is 7. The molecular formula is C130H130Ir4N7O2-7. The molecule has 7 aromatic heterocycles. The predicted octanol–water partition coefficient (Wildman–Crippen LogP) is 33.4. The molecular weight excluding hydrogens is 2460 g/mol. The van der Waals surface area contributed by atoms with Crippen LogP contribution in [0.15, 0.2) is 383 Å². The SMILES string of the molecule is CC(=O)C=C(C)O.CC(C)(C)c1ccnc(-c2[c-]ccc(-c3ccccc3)c2)c1.CC(C)(C)c1ccnc(-c2[c-]ccc(-c3ccccc3)c2)c1.CC(C)(C)c1ccnc(-c2[c-]ccc(-c3ccccc3)c2)c1.CC(C)c1ccc(-c2[c-]cccc2)nc1.CCCc1ccc(-c2[c-]cccc2)nc1.CCc1ccc(-c2[c-]cccc2)nc1.Cc1[c-]c(-c2cc(CC(C)C)c3ccccc3n2)cc(C)c1.[Ir].[Ir].[Ir].[Ir]. The van der Waals surface area contributed by atoms with Crippen molar-refractivity contribution in [2.45, 2.75) is 179 Å². The van der Waals surface area contributed by atoms with Gasteiger partial charge in [0.15, 0.2) is 5.78 Å². The monoisotopic (exact) mass is 2590 g/mol. The van der Waals surface area contributed by atoms with Gasteiger partial charge in [0, 0.05) is 129 Å². The number of pyridine rings is 7. The third kappa shape index (κ3) is 38.0. The van der Waals surface area contributed by atoms with Gasteiger partial charge in [0.2, 0.25) is 0 Å². The molecule has 0 aliphatic heterocycles. The molecule has 0 spiro atoms. The molecule has 0 unspecified atom stereocenters. The molecule has 7 heterocycles. The Hall–Kier alpha value is -12.5. The number of carbonyl (C=O) groups excluding carboxylic acids is 1. The van der Waals surface area contributed by atoms with Crippen LogP contribution in [-0.4, -0.2) is 45.8 Å². The molecule has 0 aliphatic carbocycles. The van der Waals surface area contributed by atoms with Crippen LogP contribution < -0.4 is 0 Å².